The molecular weight excluding hydrogens is 170 g/mol. The van der Waals surface area contributed by atoms with Crippen LogP contribution >= 0.6 is 0 Å². The normalized spacial score (nSPS) is 11.8. The number of amides is 1. The molecule has 0 fully saturated rings. The Kier molecular flexibility index (Phi) is 4.90. The number of nitrogens with two attached hydrogens (primary N) is 1. The van der Waals surface area contributed by atoms with Gasteiger partial charge in [0.05, 0.1) is 6.61 Å². The maximum atomic E-state index is 10.8. The summed E-state index contributed by atoms with van der Waals surface area (Å²) in [4.78, 5) is 12.7. The Morgan fingerprint density at radius 2 is 2.15 bits per heavy atom. The van der Waals surface area contributed by atoms with E-state index in [1.807, 2.05) is 25.8 Å². The average molecular weight is 189 g/mol. The number of hydrazine groups is 1. The largest absolute Gasteiger partial charge is 0.394 e. The van der Waals surface area contributed by atoms with Crippen LogP contribution in [0.25, 0.3) is 0 Å². The van der Waals surface area contributed by atoms with Crippen LogP contribution in [0.5, 0.6) is 0 Å². The van der Waals surface area contributed by atoms with Crippen LogP contribution in [0.2, 0.25) is 0 Å². The summed E-state index contributed by atoms with van der Waals surface area (Å²) in [7, 11) is 1.86. The zero-order valence-electron chi connectivity index (χ0n) is 8.50. The third-order valence-corrected chi connectivity index (χ3v) is 2.26. The van der Waals surface area contributed by atoms with Gasteiger partial charge in [0.1, 0.15) is 0 Å². The number of carbonyl (C=O) groups excluding carboxylic acids is 1. The molecule has 4 N–H and O–H groups in total. The van der Waals surface area contributed by atoms with Crippen LogP contribution < -0.4 is 11.3 Å². The van der Waals surface area contributed by atoms with Crippen molar-refractivity contribution >= 4 is 5.91 Å². The van der Waals surface area contributed by atoms with Gasteiger partial charge in [0.25, 0.3) is 0 Å². The fourth-order valence-electron chi connectivity index (χ4n) is 0.765. The van der Waals surface area contributed by atoms with E-state index in [1.165, 1.54) is 0 Å². The number of hydrogen-bond donors (Lipinski definition) is 3. The van der Waals surface area contributed by atoms with E-state index in [0.717, 1.165) is 0 Å². The van der Waals surface area contributed by atoms with Crippen LogP contribution in [0.3, 0.4) is 0 Å². The number of aliphatic hydroxyl groups excluding tert-OH is 1. The lowest BCUT2D eigenvalue weighted by Gasteiger charge is -2.33. The van der Waals surface area contributed by atoms with E-state index >= 15 is 0 Å². The molecule has 0 atom stereocenters. The van der Waals surface area contributed by atoms with Crippen molar-refractivity contribution in [1.82, 2.24) is 10.3 Å². The van der Waals surface area contributed by atoms with Crippen molar-refractivity contribution in [2.75, 3.05) is 20.2 Å². The first-order chi connectivity index (χ1) is 5.94. The van der Waals surface area contributed by atoms with Gasteiger partial charge in [-0.15, -0.1) is 0 Å². The highest BCUT2D eigenvalue weighted by molar-refractivity contribution is 5.75. The number of aliphatic hydroxyl groups is 1. The zero-order valence-corrected chi connectivity index (χ0v) is 8.50. The van der Waals surface area contributed by atoms with Gasteiger partial charge in [0, 0.05) is 18.5 Å². The van der Waals surface area contributed by atoms with Gasteiger partial charge in [0.2, 0.25) is 5.91 Å². The average Bonchev–Trinajstić information content (AvgIpc) is 2.13. The second-order valence-electron chi connectivity index (χ2n) is 3.71. The minimum Gasteiger partial charge on any atom is -0.394 e. The first kappa shape index (κ1) is 12.3. The lowest BCUT2D eigenvalue weighted by molar-refractivity contribution is -0.121. The topological polar surface area (TPSA) is 78.6 Å². The Bertz CT molecular complexity index is 171. The van der Waals surface area contributed by atoms with Crippen molar-refractivity contribution in [3.63, 3.8) is 0 Å². The Morgan fingerprint density at radius 3 is 2.54 bits per heavy atom. The summed E-state index contributed by atoms with van der Waals surface area (Å²) in [5, 5.41) is 9.02. The highest BCUT2D eigenvalue weighted by Gasteiger charge is 2.22. The van der Waals surface area contributed by atoms with Crippen LogP contribution in [0.15, 0.2) is 0 Å². The third-order valence-electron chi connectivity index (χ3n) is 2.26. The Balaban J connectivity index is 3.87. The molecular formula is C8H19N3O2. The van der Waals surface area contributed by atoms with Gasteiger partial charge in [-0.25, -0.2) is 5.84 Å². The van der Waals surface area contributed by atoms with Crippen molar-refractivity contribution < 1.29 is 9.90 Å². The van der Waals surface area contributed by atoms with E-state index in [4.69, 9.17) is 10.9 Å². The molecule has 0 unspecified atom stereocenters. The number of hydrogen-bond acceptors (Lipinski definition) is 4. The van der Waals surface area contributed by atoms with E-state index in [1.54, 1.807) is 0 Å². The monoisotopic (exact) mass is 189 g/mol. The predicted molar refractivity (Wildman–Crippen MR) is 50.7 cm³/mol. The number of nitrogens with one attached hydrogen (secondary N) is 1. The molecule has 0 aliphatic rings. The summed E-state index contributed by atoms with van der Waals surface area (Å²) in [5.41, 5.74) is 1.76. The first-order valence-corrected chi connectivity index (χ1v) is 4.25. The van der Waals surface area contributed by atoms with Crippen molar-refractivity contribution in [3.8, 4) is 0 Å². The molecule has 78 valence electrons. The van der Waals surface area contributed by atoms with Gasteiger partial charge in [-0.2, -0.15) is 0 Å². The molecule has 0 aromatic rings. The summed E-state index contributed by atoms with van der Waals surface area (Å²) in [6, 6.07) is 0. The van der Waals surface area contributed by atoms with Crippen LogP contribution in [-0.2, 0) is 4.79 Å². The molecule has 0 spiro atoms. The summed E-state index contributed by atoms with van der Waals surface area (Å²) >= 11 is 0. The van der Waals surface area contributed by atoms with Crippen molar-refractivity contribution in [1.29, 1.82) is 0 Å². The van der Waals surface area contributed by atoms with Crippen molar-refractivity contribution in [3.05, 3.63) is 0 Å². The lowest BCUT2D eigenvalue weighted by atomic mass is 10.1. The molecule has 13 heavy (non-hydrogen) atoms. The molecule has 0 aliphatic heterocycles. The highest BCUT2D eigenvalue weighted by Crippen LogP contribution is 2.10. The van der Waals surface area contributed by atoms with Gasteiger partial charge in [-0.05, 0) is 20.9 Å². The summed E-state index contributed by atoms with van der Waals surface area (Å²) in [6.45, 7) is 4.46. The number of carbonyl (C=O) groups is 1. The van der Waals surface area contributed by atoms with Crippen molar-refractivity contribution in [2.45, 2.75) is 25.8 Å². The molecule has 0 heterocycles. The Labute approximate surface area is 78.9 Å². The Morgan fingerprint density at radius 1 is 1.62 bits per heavy atom. The molecule has 5 nitrogen and oxygen atoms in total. The molecule has 0 aliphatic carbocycles. The summed E-state index contributed by atoms with van der Waals surface area (Å²) in [5.74, 6) is 4.74. The van der Waals surface area contributed by atoms with Crippen molar-refractivity contribution in [2.24, 2.45) is 5.84 Å². The predicted octanol–water partition coefficient (Wildman–Crippen LogP) is -0.931. The maximum absolute atomic E-state index is 10.8. The van der Waals surface area contributed by atoms with Crippen LogP contribution in [0.4, 0.5) is 0 Å². The van der Waals surface area contributed by atoms with E-state index in [2.05, 4.69) is 5.43 Å². The fraction of sp³-hybridized carbons (Fsp3) is 0.875. The van der Waals surface area contributed by atoms with E-state index in [0.29, 0.717) is 13.0 Å². The lowest BCUT2D eigenvalue weighted by Crippen LogP contribution is -2.46. The van der Waals surface area contributed by atoms with Crippen LogP contribution in [-0.4, -0.2) is 41.7 Å². The first-order valence-electron chi connectivity index (χ1n) is 4.25. The van der Waals surface area contributed by atoms with Gasteiger partial charge in [0.15, 0.2) is 0 Å². The highest BCUT2D eigenvalue weighted by atomic mass is 16.3. The smallest absolute Gasteiger partial charge is 0.235 e. The van der Waals surface area contributed by atoms with Gasteiger partial charge >= 0.3 is 0 Å². The Hall–Kier alpha value is -0.650. The van der Waals surface area contributed by atoms with Crippen LogP contribution in [0, 0.1) is 0 Å². The molecule has 0 bridgehead atoms. The number of nitrogens with zero attached hydrogens (tertiary/aromatic N) is 1. The molecule has 1 amide bonds. The molecule has 0 saturated carbocycles. The molecule has 0 aromatic heterocycles. The SMILES string of the molecule is CN(CCC(=O)NN)C(C)(C)CO. The van der Waals surface area contributed by atoms with E-state index < -0.39 is 0 Å². The third kappa shape index (κ3) is 4.21. The second kappa shape index (κ2) is 5.16. The second-order valence-corrected chi connectivity index (χ2v) is 3.71. The molecule has 0 saturated heterocycles. The standard InChI is InChI=1S/C8H19N3O2/c1-8(2,6-12)11(3)5-4-7(13)10-9/h12H,4-6,9H2,1-3H3,(H,10,13). The van der Waals surface area contributed by atoms with E-state index in [-0.39, 0.29) is 18.1 Å². The van der Waals surface area contributed by atoms with Gasteiger partial charge in [-0.3, -0.25) is 15.1 Å². The quantitative estimate of drug-likeness (QED) is 0.296. The molecule has 0 aromatic carbocycles. The van der Waals surface area contributed by atoms with E-state index in [9.17, 15) is 4.79 Å². The maximum Gasteiger partial charge on any atom is 0.235 e. The fourth-order valence-corrected chi connectivity index (χ4v) is 0.765. The van der Waals surface area contributed by atoms with Gasteiger partial charge < -0.3 is 5.11 Å². The van der Waals surface area contributed by atoms with Gasteiger partial charge in [-0.1, -0.05) is 0 Å². The number of likely N-dealkylation sites (N-methyl/N-ethyl adjacent to an activating group) is 1. The minimum atomic E-state index is -0.297. The zero-order chi connectivity index (χ0) is 10.5. The number of rotatable bonds is 5. The molecule has 0 rings (SSSR count). The molecule has 5 heteroatoms. The summed E-state index contributed by atoms with van der Waals surface area (Å²) in [6.07, 6.45) is 0.344. The van der Waals surface area contributed by atoms with Crippen LogP contribution in [0.1, 0.15) is 20.3 Å². The minimum absolute atomic E-state index is 0.0632. The molecule has 0 radical (unpaired) electrons. The summed E-state index contributed by atoms with van der Waals surface area (Å²) < 4.78 is 0.